The summed E-state index contributed by atoms with van der Waals surface area (Å²) in [5.74, 6) is 0.161. The first-order chi connectivity index (χ1) is 10.1. The van der Waals surface area contributed by atoms with Crippen LogP contribution in [0.1, 0.15) is 16.1 Å². The van der Waals surface area contributed by atoms with Gasteiger partial charge < -0.3 is 9.64 Å². The molecule has 1 aromatic heterocycles. The van der Waals surface area contributed by atoms with Crippen molar-refractivity contribution in [2.24, 2.45) is 0 Å². The van der Waals surface area contributed by atoms with E-state index in [0.717, 1.165) is 13.0 Å². The number of halogens is 1. The Morgan fingerprint density at radius 2 is 2.00 bits per heavy atom. The van der Waals surface area contributed by atoms with E-state index in [9.17, 15) is 4.79 Å². The Morgan fingerprint density at radius 1 is 1.29 bits per heavy atom. The molecule has 0 fully saturated rings. The van der Waals surface area contributed by atoms with Gasteiger partial charge in [0.05, 0.1) is 7.11 Å². The van der Waals surface area contributed by atoms with Gasteiger partial charge in [-0.15, -0.1) is 0 Å². The number of hydrogen-bond donors (Lipinski definition) is 0. The molecule has 0 saturated carbocycles. The molecular weight excluding hydrogens is 288 g/mol. The van der Waals surface area contributed by atoms with Gasteiger partial charge in [0.15, 0.2) is 5.69 Å². The molecule has 21 heavy (non-hydrogen) atoms. The molecule has 5 heteroatoms. The molecule has 0 radical (unpaired) electrons. The number of nitrogens with zero attached hydrogens (tertiary/aromatic N) is 2. The Kier molecular flexibility index (Phi) is 5.17. The van der Waals surface area contributed by atoms with Crippen LogP contribution in [0.5, 0.6) is 0 Å². The second-order valence-electron chi connectivity index (χ2n) is 4.68. The Hall–Kier alpha value is -2.07. The fourth-order valence-corrected chi connectivity index (χ4v) is 2.15. The SMILES string of the molecule is COC(=O)c1cc(Cl)cc(N(C)CCc2ccccc2)n1. The van der Waals surface area contributed by atoms with Crippen molar-refractivity contribution in [3.05, 3.63) is 58.7 Å². The average molecular weight is 305 g/mol. The quantitative estimate of drug-likeness (QED) is 0.796. The van der Waals surface area contributed by atoms with Gasteiger partial charge in [-0.3, -0.25) is 0 Å². The van der Waals surface area contributed by atoms with E-state index in [2.05, 4.69) is 21.9 Å². The number of ether oxygens (including phenoxy) is 1. The third-order valence-electron chi connectivity index (χ3n) is 3.14. The van der Waals surface area contributed by atoms with Gasteiger partial charge in [-0.1, -0.05) is 41.9 Å². The van der Waals surface area contributed by atoms with Crippen LogP contribution in [0.3, 0.4) is 0 Å². The minimum atomic E-state index is -0.491. The maximum absolute atomic E-state index is 11.6. The number of benzene rings is 1. The molecule has 0 aliphatic carbocycles. The highest BCUT2D eigenvalue weighted by molar-refractivity contribution is 6.31. The highest BCUT2D eigenvalue weighted by atomic mass is 35.5. The minimum Gasteiger partial charge on any atom is -0.464 e. The first-order valence-corrected chi connectivity index (χ1v) is 6.99. The maximum atomic E-state index is 11.6. The molecule has 1 aromatic carbocycles. The van der Waals surface area contributed by atoms with Crippen LogP contribution < -0.4 is 4.90 Å². The molecule has 0 N–H and O–H groups in total. The topological polar surface area (TPSA) is 42.4 Å². The largest absolute Gasteiger partial charge is 0.464 e. The number of carbonyl (C=O) groups is 1. The monoisotopic (exact) mass is 304 g/mol. The minimum absolute atomic E-state index is 0.214. The number of rotatable bonds is 5. The number of methoxy groups -OCH3 is 1. The summed E-state index contributed by atoms with van der Waals surface area (Å²) in [4.78, 5) is 17.8. The smallest absolute Gasteiger partial charge is 0.356 e. The van der Waals surface area contributed by atoms with Crippen LogP contribution >= 0.6 is 11.6 Å². The summed E-state index contributed by atoms with van der Waals surface area (Å²) in [5.41, 5.74) is 1.46. The van der Waals surface area contributed by atoms with Crippen molar-refractivity contribution in [3.8, 4) is 0 Å². The molecule has 0 aliphatic heterocycles. The molecule has 0 amide bonds. The van der Waals surface area contributed by atoms with Gasteiger partial charge in [-0.25, -0.2) is 9.78 Å². The second-order valence-corrected chi connectivity index (χ2v) is 5.11. The van der Waals surface area contributed by atoms with Crippen molar-refractivity contribution in [2.45, 2.75) is 6.42 Å². The van der Waals surface area contributed by atoms with Crippen LogP contribution in [0.25, 0.3) is 0 Å². The molecule has 2 rings (SSSR count). The normalized spacial score (nSPS) is 10.2. The van der Waals surface area contributed by atoms with Crippen LogP contribution in [0.15, 0.2) is 42.5 Å². The standard InChI is InChI=1S/C16H17ClN2O2/c1-19(9-8-12-6-4-3-5-7-12)15-11-13(17)10-14(18-15)16(20)21-2/h3-7,10-11H,8-9H2,1-2H3. The van der Waals surface area contributed by atoms with Gasteiger partial charge in [0, 0.05) is 18.6 Å². The zero-order chi connectivity index (χ0) is 15.2. The van der Waals surface area contributed by atoms with Gasteiger partial charge in [-0.05, 0) is 24.1 Å². The lowest BCUT2D eigenvalue weighted by molar-refractivity contribution is 0.0594. The Morgan fingerprint density at radius 3 is 2.67 bits per heavy atom. The van der Waals surface area contributed by atoms with Crippen molar-refractivity contribution >= 4 is 23.4 Å². The zero-order valence-corrected chi connectivity index (χ0v) is 12.8. The van der Waals surface area contributed by atoms with Crippen molar-refractivity contribution < 1.29 is 9.53 Å². The molecule has 0 unspecified atom stereocenters. The number of likely N-dealkylation sites (N-methyl/N-ethyl adjacent to an activating group) is 1. The predicted molar refractivity (Wildman–Crippen MR) is 84.0 cm³/mol. The van der Waals surface area contributed by atoms with Gasteiger partial charge in [0.25, 0.3) is 0 Å². The summed E-state index contributed by atoms with van der Waals surface area (Å²) in [7, 11) is 3.24. The summed E-state index contributed by atoms with van der Waals surface area (Å²) >= 11 is 6.04. The lowest BCUT2D eigenvalue weighted by Gasteiger charge is -2.19. The first-order valence-electron chi connectivity index (χ1n) is 6.61. The van der Waals surface area contributed by atoms with Crippen LogP contribution in [-0.2, 0) is 11.2 Å². The van der Waals surface area contributed by atoms with E-state index < -0.39 is 5.97 Å². The van der Waals surface area contributed by atoms with Crippen LogP contribution in [0.4, 0.5) is 5.82 Å². The lowest BCUT2D eigenvalue weighted by Crippen LogP contribution is -2.22. The highest BCUT2D eigenvalue weighted by Crippen LogP contribution is 2.19. The van der Waals surface area contributed by atoms with Crippen molar-refractivity contribution in [1.29, 1.82) is 0 Å². The highest BCUT2D eigenvalue weighted by Gasteiger charge is 2.12. The first kappa shape index (κ1) is 15.3. The molecule has 2 aromatic rings. The number of hydrogen-bond acceptors (Lipinski definition) is 4. The van der Waals surface area contributed by atoms with E-state index in [1.807, 2.05) is 30.1 Å². The summed E-state index contributed by atoms with van der Waals surface area (Å²) in [5, 5.41) is 0.465. The number of aromatic nitrogens is 1. The number of anilines is 1. The molecular formula is C16H17ClN2O2. The third kappa shape index (κ3) is 4.20. The summed E-state index contributed by atoms with van der Waals surface area (Å²) in [6, 6.07) is 13.4. The van der Waals surface area contributed by atoms with Gasteiger partial charge >= 0.3 is 5.97 Å². The third-order valence-corrected chi connectivity index (χ3v) is 3.36. The molecule has 1 heterocycles. The average Bonchev–Trinajstić information content (AvgIpc) is 2.52. The predicted octanol–water partition coefficient (Wildman–Crippen LogP) is 3.20. The molecule has 0 bridgehead atoms. The zero-order valence-electron chi connectivity index (χ0n) is 12.0. The molecule has 0 saturated heterocycles. The summed E-state index contributed by atoms with van der Waals surface area (Å²) < 4.78 is 4.68. The van der Waals surface area contributed by atoms with E-state index in [4.69, 9.17) is 11.6 Å². The Bertz CT molecular complexity index is 617. The summed E-state index contributed by atoms with van der Waals surface area (Å²) in [6.07, 6.45) is 0.888. The molecule has 0 atom stereocenters. The summed E-state index contributed by atoms with van der Waals surface area (Å²) in [6.45, 7) is 0.776. The molecule has 110 valence electrons. The lowest BCUT2D eigenvalue weighted by atomic mass is 10.1. The van der Waals surface area contributed by atoms with Crippen LogP contribution in [0, 0.1) is 0 Å². The maximum Gasteiger partial charge on any atom is 0.356 e. The van der Waals surface area contributed by atoms with E-state index in [-0.39, 0.29) is 5.69 Å². The fourth-order valence-electron chi connectivity index (χ4n) is 1.94. The molecule has 4 nitrogen and oxygen atoms in total. The van der Waals surface area contributed by atoms with Crippen LogP contribution in [0.2, 0.25) is 5.02 Å². The van der Waals surface area contributed by atoms with Gasteiger partial charge in [0.1, 0.15) is 5.82 Å². The Balaban J connectivity index is 2.10. The van der Waals surface area contributed by atoms with E-state index in [1.54, 1.807) is 6.07 Å². The van der Waals surface area contributed by atoms with Crippen molar-refractivity contribution in [2.75, 3.05) is 25.6 Å². The fraction of sp³-hybridized carbons (Fsp3) is 0.250. The van der Waals surface area contributed by atoms with Crippen molar-refractivity contribution in [1.82, 2.24) is 4.98 Å². The van der Waals surface area contributed by atoms with E-state index in [1.165, 1.54) is 18.7 Å². The molecule has 0 aliphatic rings. The van der Waals surface area contributed by atoms with Crippen LogP contribution in [-0.4, -0.2) is 31.7 Å². The van der Waals surface area contributed by atoms with Gasteiger partial charge in [0.2, 0.25) is 0 Å². The number of carbonyl (C=O) groups excluding carboxylic acids is 1. The number of pyridine rings is 1. The van der Waals surface area contributed by atoms with Crippen molar-refractivity contribution in [3.63, 3.8) is 0 Å². The second kappa shape index (κ2) is 7.09. The van der Waals surface area contributed by atoms with E-state index in [0.29, 0.717) is 10.8 Å². The Labute approximate surface area is 129 Å². The van der Waals surface area contributed by atoms with E-state index >= 15 is 0 Å². The van der Waals surface area contributed by atoms with Gasteiger partial charge in [-0.2, -0.15) is 0 Å². The molecule has 0 spiro atoms. The number of esters is 1.